The zero-order valence-electron chi connectivity index (χ0n) is 11.2. The van der Waals surface area contributed by atoms with E-state index in [4.69, 9.17) is 4.74 Å². The van der Waals surface area contributed by atoms with E-state index in [0.717, 1.165) is 29.7 Å². The van der Waals surface area contributed by atoms with E-state index in [1.54, 1.807) is 0 Å². The van der Waals surface area contributed by atoms with Crippen LogP contribution in [0, 0.1) is 18.3 Å². The Labute approximate surface area is 109 Å². The largest absolute Gasteiger partial charge is 0.381 e. The zero-order chi connectivity index (χ0) is 13.1. The molecule has 2 atom stereocenters. The molecule has 1 saturated heterocycles. The van der Waals surface area contributed by atoms with Crippen molar-refractivity contribution in [3.63, 3.8) is 0 Å². The summed E-state index contributed by atoms with van der Waals surface area (Å²) >= 11 is 0. The number of hydrogen-bond donors (Lipinski definition) is 1. The Morgan fingerprint density at radius 3 is 2.56 bits per heavy atom. The fourth-order valence-electron chi connectivity index (χ4n) is 2.68. The quantitative estimate of drug-likeness (QED) is 0.868. The number of anilines is 1. The molecule has 1 fully saturated rings. The standard InChI is InChI=1S/C15H20N2O/c1-10-5-4-6-15(14(10)9-16)17-13-7-11(2)18-12(3)8-13/h4-6,11-13,17H,7-8H2,1-3H3. The highest BCUT2D eigenvalue weighted by molar-refractivity contribution is 5.61. The van der Waals surface area contributed by atoms with E-state index in [1.807, 2.05) is 25.1 Å². The minimum Gasteiger partial charge on any atom is -0.381 e. The Hall–Kier alpha value is -1.53. The highest BCUT2D eigenvalue weighted by Gasteiger charge is 2.24. The third-order valence-electron chi connectivity index (χ3n) is 3.44. The summed E-state index contributed by atoms with van der Waals surface area (Å²) in [5.74, 6) is 0. The van der Waals surface area contributed by atoms with Gasteiger partial charge in [-0.3, -0.25) is 0 Å². The van der Waals surface area contributed by atoms with Crippen molar-refractivity contribution >= 4 is 5.69 Å². The Bertz CT molecular complexity index is 454. The molecule has 3 nitrogen and oxygen atoms in total. The molecule has 0 amide bonds. The van der Waals surface area contributed by atoms with Crippen LogP contribution in [-0.2, 0) is 4.74 Å². The molecule has 0 radical (unpaired) electrons. The lowest BCUT2D eigenvalue weighted by atomic mass is 9.98. The molecule has 1 N–H and O–H groups in total. The molecule has 1 aliphatic rings. The molecule has 1 aliphatic heterocycles. The van der Waals surface area contributed by atoms with Crippen molar-refractivity contribution in [2.24, 2.45) is 0 Å². The van der Waals surface area contributed by atoms with Crippen LogP contribution in [0.5, 0.6) is 0 Å². The van der Waals surface area contributed by atoms with Gasteiger partial charge in [0.15, 0.2) is 0 Å². The summed E-state index contributed by atoms with van der Waals surface area (Å²) in [4.78, 5) is 0. The van der Waals surface area contributed by atoms with E-state index in [1.165, 1.54) is 0 Å². The molecule has 1 aromatic carbocycles. The highest BCUT2D eigenvalue weighted by Crippen LogP contribution is 2.25. The second-order valence-corrected chi connectivity index (χ2v) is 5.18. The number of rotatable bonds is 2. The van der Waals surface area contributed by atoms with Crippen LogP contribution in [0.15, 0.2) is 18.2 Å². The van der Waals surface area contributed by atoms with Crippen LogP contribution < -0.4 is 5.32 Å². The van der Waals surface area contributed by atoms with Gasteiger partial charge in [0.25, 0.3) is 0 Å². The summed E-state index contributed by atoms with van der Waals surface area (Å²) < 4.78 is 5.73. The first-order chi connectivity index (χ1) is 8.60. The maximum absolute atomic E-state index is 9.22. The number of nitriles is 1. The van der Waals surface area contributed by atoms with Crippen LogP contribution in [0.1, 0.15) is 37.8 Å². The maximum Gasteiger partial charge on any atom is 0.102 e. The van der Waals surface area contributed by atoms with E-state index in [2.05, 4.69) is 25.2 Å². The zero-order valence-corrected chi connectivity index (χ0v) is 11.2. The second kappa shape index (κ2) is 5.41. The monoisotopic (exact) mass is 244 g/mol. The number of ether oxygens (including phenoxy) is 1. The summed E-state index contributed by atoms with van der Waals surface area (Å²) in [7, 11) is 0. The fourth-order valence-corrected chi connectivity index (χ4v) is 2.68. The second-order valence-electron chi connectivity index (χ2n) is 5.18. The van der Waals surface area contributed by atoms with Gasteiger partial charge >= 0.3 is 0 Å². The lowest BCUT2D eigenvalue weighted by Gasteiger charge is -2.33. The minimum atomic E-state index is 0.279. The van der Waals surface area contributed by atoms with Crippen LogP contribution in [0.3, 0.4) is 0 Å². The predicted octanol–water partition coefficient (Wildman–Crippen LogP) is 3.23. The Kier molecular flexibility index (Phi) is 3.88. The molecule has 18 heavy (non-hydrogen) atoms. The smallest absolute Gasteiger partial charge is 0.102 e. The SMILES string of the molecule is Cc1cccc(NC2CC(C)OC(C)C2)c1C#N. The van der Waals surface area contributed by atoms with Crippen LogP contribution in [0.2, 0.25) is 0 Å². The average molecular weight is 244 g/mol. The number of hydrogen-bond acceptors (Lipinski definition) is 3. The van der Waals surface area contributed by atoms with Gasteiger partial charge in [-0.25, -0.2) is 0 Å². The van der Waals surface area contributed by atoms with E-state index in [-0.39, 0.29) is 12.2 Å². The predicted molar refractivity (Wildman–Crippen MR) is 72.5 cm³/mol. The molecule has 3 heteroatoms. The number of nitrogens with zero attached hydrogens (tertiary/aromatic N) is 1. The normalized spacial score (nSPS) is 27.6. The van der Waals surface area contributed by atoms with Gasteiger partial charge in [0.05, 0.1) is 23.5 Å². The average Bonchev–Trinajstić information content (AvgIpc) is 2.27. The van der Waals surface area contributed by atoms with Crippen LogP contribution in [0.4, 0.5) is 5.69 Å². The van der Waals surface area contributed by atoms with Gasteiger partial charge < -0.3 is 10.1 Å². The third kappa shape index (κ3) is 2.83. The molecule has 0 aromatic heterocycles. The molecule has 0 bridgehead atoms. The number of aryl methyl sites for hydroxylation is 1. The molecule has 96 valence electrons. The molecule has 0 spiro atoms. The lowest BCUT2D eigenvalue weighted by Crippen LogP contribution is -2.37. The topological polar surface area (TPSA) is 45.0 Å². The van der Waals surface area contributed by atoms with Crippen molar-refractivity contribution in [1.82, 2.24) is 0 Å². The third-order valence-corrected chi connectivity index (χ3v) is 3.44. The van der Waals surface area contributed by atoms with Gasteiger partial charge in [-0.2, -0.15) is 5.26 Å². The van der Waals surface area contributed by atoms with Gasteiger partial charge in [0.2, 0.25) is 0 Å². The van der Waals surface area contributed by atoms with Gasteiger partial charge in [-0.15, -0.1) is 0 Å². The first-order valence-corrected chi connectivity index (χ1v) is 6.52. The Morgan fingerprint density at radius 1 is 1.28 bits per heavy atom. The van der Waals surface area contributed by atoms with Crippen molar-refractivity contribution in [2.45, 2.75) is 51.9 Å². The summed E-state index contributed by atoms with van der Waals surface area (Å²) in [6, 6.07) is 8.61. The van der Waals surface area contributed by atoms with Gasteiger partial charge in [0, 0.05) is 6.04 Å². The summed E-state index contributed by atoms with van der Waals surface area (Å²) in [6.07, 6.45) is 2.54. The maximum atomic E-state index is 9.22. The lowest BCUT2D eigenvalue weighted by molar-refractivity contribution is -0.0337. The molecule has 2 rings (SSSR count). The van der Waals surface area contributed by atoms with E-state index in [9.17, 15) is 5.26 Å². The molecular formula is C15H20N2O. The Balaban J connectivity index is 2.14. The summed E-state index contributed by atoms with van der Waals surface area (Å²) in [5.41, 5.74) is 2.73. The van der Waals surface area contributed by atoms with E-state index < -0.39 is 0 Å². The first kappa shape index (κ1) is 12.9. The van der Waals surface area contributed by atoms with Crippen LogP contribution >= 0.6 is 0 Å². The van der Waals surface area contributed by atoms with Crippen molar-refractivity contribution in [2.75, 3.05) is 5.32 Å². The van der Waals surface area contributed by atoms with Crippen molar-refractivity contribution in [1.29, 1.82) is 5.26 Å². The van der Waals surface area contributed by atoms with E-state index in [0.29, 0.717) is 6.04 Å². The van der Waals surface area contributed by atoms with Crippen molar-refractivity contribution in [3.8, 4) is 6.07 Å². The molecule has 1 aromatic rings. The van der Waals surface area contributed by atoms with E-state index >= 15 is 0 Å². The molecule has 1 heterocycles. The summed E-state index contributed by atoms with van der Waals surface area (Å²) in [5, 5.41) is 12.7. The van der Waals surface area contributed by atoms with Gasteiger partial charge in [-0.1, -0.05) is 12.1 Å². The number of nitrogens with one attached hydrogen (secondary N) is 1. The molecular weight excluding hydrogens is 224 g/mol. The molecule has 0 saturated carbocycles. The van der Waals surface area contributed by atoms with Crippen LogP contribution in [-0.4, -0.2) is 18.2 Å². The minimum absolute atomic E-state index is 0.279. The van der Waals surface area contributed by atoms with Gasteiger partial charge in [0.1, 0.15) is 6.07 Å². The van der Waals surface area contributed by atoms with Crippen molar-refractivity contribution < 1.29 is 4.74 Å². The van der Waals surface area contributed by atoms with Crippen molar-refractivity contribution in [3.05, 3.63) is 29.3 Å². The number of benzene rings is 1. The molecule has 2 unspecified atom stereocenters. The first-order valence-electron chi connectivity index (χ1n) is 6.52. The summed E-state index contributed by atoms with van der Waals surface area (Å²) in [6.45, 7) is 6.18. The fraction of sp³-hybridized carbons (Fsp3) is 0.533. The highest BCUT2D eigenvalue weighted by atomic mass is 16.5. The Morgan fingerprint density at radius 2 is 1.94 bits per heavy atom. The van der Waals surface area contributed by atoms with Gasteiger partial charge in [-0.05, 0) is 45.2 Å². The molecule has 0 aliphatic carbocycles. The van der Waals surface area contributed by atoms with Crippen LogP contribution in [0.25, 0.3) is 0 Å².